The van der Waals surface area contributed by atoms with Crippen LogP contribution in [0.3, 0.4) is 0 Å². The second-order valence-electron chi connectivity index (χ2n) is 6.02. The molecule has 15 heavy (non-hydrogen) atoms. The number of carbonyl (C=O) groups is 1. The van der Waals surface area contributed by atoms with Gasteiger partial charge in [0.2, 0.25) is 0 Å². The summed E-state index contributed by atoms with van der Waals surface area (Å²) in [5.74, 6) is 0.923. The van der Waals surface area contributed by atoms with Gasteiger partial charge in [0.15, 0.2) is 0 Å². The maximum Gasteiger partial charge on any atom is 0.136 e. The van der Waals surface area contributed by atoms with E-state index in [1.54, 1.807) is 0 Å². The van der Waals surface area contributed by atoms with Crippen molar-refractivity contribution in [3.05, 3.63) is 0 Å². The summed E-state index contributed by atoms with van der Waals surface area (Å²) in [5, 5.41) is 9.96. The van der Waals surface area contributed by atoms with Crippen LogP contribution in [0.1, 0.15) is 52.9 Å². The number of hydrogen-bond acceptors (Lipinski definition) is 2. The molecule has 0 bridgehead atoms. The summed E-state index contributed by atoms with van der Waals surface area (Å²) >= 11 is 0. The van der Waals surface area contributed by atoms with Gasteiger partial charge in [-0.05, 0) is 24.2 Å². The van der Waals surface area contributed by atoms with Gasteiger partial charge in [0.1, 0.15) is 5.78 Å². The zero-order valence-corrected chi connectivity index (χ0v) is 10.0. The molecule has 2 aliphatic rings. The highest BCUT2D eigenvalue weighted by Gasteiger charge is 2.61. The minimum Gasteiger partial charge on any atom is -0.392 e. The van der Waals surface area contributed by atoms with Crippen LogP contribution in [0.2, 0.25) is 0 Å². The average Bonchev–Trinajstić information content (AvgIpc) is 2.37. The van der Waals surface area contributed by atoms with Crippen LogP contribution in [-0.4, -0.2) is 17.0 Å². The quantitative estimate of drug-likeness (QED) is 0.760. The SMILES string of the molecule is CCC1(C(C)C)CC2(CC(=O)CC2O)C1. The molecule has 0 amide bonds. The van der Waals surface area contributed by atoms with Crippen LogP contribution in [0.4, 0.5) is 0 Å². The third-order valence-electron chi connectivity index (χ3n) is 5.01. The van der Waals surface area contributed by atoms with Gasteiger partial charge < -0.3 is 5.11 Å². The molecular formula is C13H22O2. The topological polar surface area (TPSA) is 37.3 Å². The van der Waals surface area contributed by atoms with Gasteiger partial charge in [0, 0.05) is 18.3 Å². The molecule has 2 saturated carbocycles. The Labute approximate surface area is 92.1 Å². The van der Waals surface area contributed by atoms with Gasteiger partial charge in [0.05, 0.1) is 6.10 Å². The van der Waals surface area contributed by atoms with Crippen LogP contribution in [-0.2, 0) is 4.79 Å². The van der Waals surface area contributed by atoms with Crippen molar-refractivity contribution in [2.75, 3.05) is 0 Å². The molecule has 2 rings (SSSR count). The molecule has 0 heterocycles. The highest BCUT2D eigenvalue weighted by atomic mass is 16.3. The number of rotatable bonds is 2. The van der Waals surface area contributed by atoms with E-state index in [-0.39, 0.29) is 17.3 Å². The molecule has 1 N–H and O–H groups in total. The number of Topliss-reactive ketones (excluding diaryl/α,β-unsaturated/α-hetero) is 1. The predicted octanol–water partition coefficient (Wildman–Crippen LogP) is 2.54. The van der Waals surface area contributed by atoms with Crippen LogP contribution in [0.15, 0.2) is 0 Å². The first kappa shape index (κ1) is 11.1. The highest BCUT2D eigenvalue weighted by molar-refractivity contribution is 5.82. The van der Waals surface area contributed by atoms with Gasteiger partial charge in [0.25, 0.3) is 0 Å². The zero-order chi connectivity index (χ0) is 11.3. The van der Waals surface area contributed by atoms with E-state index in [0.717, 1.165) is 12.8 Å². The summed E-state index contributed by atoms with van der Waals surface area (Å²) in [7, 11) is 0. The van der Waals surface area contributed by atoms with Crippen molar-refractivity contribution in [1.82, 2.24) is 0 Å². The van der Waals surface area contributed by atoms with Gasteiger partial charge in [-0.2, -0.15) is 0 Å². The summed E-state index contributed by atoms with van der Waals surface area (Å²) < 4.78 is 0. The maximum absolute atomic E-state index is 11.4. The van der Waals surface area contributed by atoms with Crippen molar-refractivity contribution < 1.29 is 9.90 Å². The fraction of sp³-hybridized carbons (Fsp3) is 0.923. The summed E-state index contributed by atoms with van der Waals surface area (Å²) in [4.78, 5) is 11.4. The molecule has 1 unspecified atom stereocenters. The van der Waals surface area contributed by atoms with E-state index >= 15 is 0 Å². The second kappa shape index (κ2) is 3.31. The molecule has 1 spiro atoms. The Morgan fingerprint density at radius 1 is 1.47 bits per heavy atom. The standard InChI is InChI=1S/C13H22O2/c1-4-12(9(2)3)7-13(8-12)6-10(14)5-11(13)15/h9,11,15H,4-8H2,1-3H3. The van der Waals surface area contributed by atoms with Crippen molar-refractivity contribution in [2.45, 2.75) is 59.0 Å². The van der Waals surface area contributed by atoms with Crippen molar-refractivity contribution >= 4 is 5.78 Å². The molecular weight excluding hydrogens is 188 g/mol. The molecule has 2 nitrogen and oxygen atoms in total. The average molecular weight is 210 g/mol. The second-order valence-corrected chi connectivity index (χ2v) is 6.02. The number of ketones is 1. The van der Waals surface area contributed by atoms with Gasteiger partial charge in [-0.15, -0.1) is 0 Å². The Kier molecular flexibility index (Phi) is 2.45. The summed E-state index contributed by atoms with van der Waals surface area (Å²) in [5.41, 5.74) is 0.364. The minimum absolute atomic E-state index is 0.0304. The number of aliphatic hydroxyl groups is 1. The molecule has 2 heteroatoms. The largest absolute Gasteiger partial charge is 0.392 e. The van der Waals surface area contributed by atoms with E-state index in [1.807, 2.05) is 0 Å². The molecule has 0 aliphatic heterocycles. The van der Waals surface area contributed by atoms with Gasteiger partial charge in [-0.25, -0.2) is 0 Å². The van der Waals surface area contributed by atoms with E-state index in [0.29, 0.717) is 24.2 Å². The first-order valence-corrected chi connectivity index (χ1v) is 6.14. The molecule has 2 fully saturated rings. The Hall–Kier alpha value is -0.370. The molecule has 0 aromatic carbocycles. The molecule has 0 aromatic heterocycles. The zero-order valence-electron chi connectivity index (χ0n) is 10.0. The van der Waals surface area contributed by atoms with Crippen LogP contribution < -0.4 is 0 Å². The Morgan fingerprint density at radius 2 is 2.07 bits per heavy atom. The lowest BCUT2D eigenvalue weighted by Gasteiger charge is -2.58. The van der Waals surface area contributed by atoms with Gasteiger partial charge >= 0.3 is 0 Å². The molecule has 86 valence electrons. The molecule has 2 aliphatic carbocycles. The molecule has 0 radical (unpaired) electrons. The first-order valence-electron chi connectivity index (χ1n) is 6.14. The van der Waals surface area contributed by atoms with Crippen LogP contribution in [0, 0.1) is 16.7 Å². The van der Waals surface area contributed by atoms with Crippen LogP contribution in [0.5, 0.6) is 0 Å². The monoisotopic (exact) mass is 210 g/mol. The Morgan fingerprint density at radius 3 is 2.40 bits per heavy atom. The van der Waals surface area contributed by atoms with Gasteiger partial charge in [-0.1, -0.05) is 27.2 Å². The molecule has 0 saturated heterocycles. The lowest BCUT2D eigenvalue weighted by Crippen LogP contribution is -2.52. The summed E-state index contributed by atoms with van der Waals surface area (Å²) in [6.07, 6.45) is 3.96. The first-order chi connectivity index (χ1) is 6.94. The van der Waals surface area contributed by atoms with E-state index < -0.39 is 0 Å². The third kappa shape index (κ3) is 1.45. The lowest BCUT2D eigenvalue weighted by atomic mass is 9.47. The number of aliphatic hydroxyl groups excluding tert-OH is 1. The van der Waals surface area contributed by atoms with E-state index in [4.69, 9.17) is 0 Å². The van der Waals surface area contributed by atoms with Crippen LogP contribution >= 0.6 is 0 Å². The van der Waals surface area contributed by atoms with E-state index in [9.17, 15) is 9.90 Å². The summed E-state index contributed by atoms with van der Waals surface area (Å²) in [6, 6.07) is 0. The fourth-order valence-electron chi connectivity index (χ4n) is 3.79. The molecule has 0 aromatic rings. The number of hydrogen-bond donors (Lipinski definition) is 1. The summed E-state index contributed by atoms with van der Waals surface area (Å²) in [6.45, 7) is 6.76. The minimum atomic E-state index is -0.358. The van der Waals surface area contributed by atoms with Gasteiger partial charge in [-0.3, -0.25) is 4.79 Å². The normalized spacial score (nSPS) is 45.1. The predicted molar refractivity (Wildman–Crippen MR) is 59.5 cm³/mol. The Balaban J connectivity index is 2.10. The van der Waals surface area contributed by atoms with Crippen molar-refractivity contribution in [3.8, 4) is 0 Å². The van der Waals surface area contributed by atoms with Crippen molar-refractivity contribution in [2.24, 2.45) is 16.7 Å². The Bertz CT molecular complexity index is 274. The third-order valence-corrected chi connectivity index (χ3v) is 5.01. The lowest BCUT2D eigenvalue weighted by molar-refractivity contribution is -0.132. The molecule has 1 atom stereocenters. The smallest absolute Gasteiger partial charge is 0.136 e. The van der Waals surface area contributed by atoms with E-state index in [1.165, 1.54) is 6.42 Å². The highest BCUT2D eigenvalue weighted by Crippen LogP contribution is 2.65. The van der Waals surface area contributed by atoms with Crippen molar-refractivity contribution in [3.63, 3.8) is 0 Å². The van der Waals surface area contributed by atoms with Crippen molar-refractivity contribution in [1.29, 1.82) is 0 Å². The number of carbonyl (C=O) groups excluding carboxylic acids is 1. The fourth-order valence-corrected chi connectivity index (χ4v) is 3.79. The van der Waals surface area contributed by atoms with Crippen LogP contribution in [0.25, 0.3) is 0 Å². The maximum atomic E-state index is 11.4. The van der Waals surface area contributed by atoms with E-state index in [2.05, 4.69) is 20.8 Å².